The summed E-state index contributed by atoms with van der Waals surface area (Å²) < 4.78 is 38.6. The average molecular weight is 475 g/mol. The molecule has 0 N–H and O–H groups in total. The maximum absolute atomic E-state index is 13.3. The molecule has 0 fully saturated rings. The minimum atomic E-state index is -3.74. The van der Waals surface area contributed by atoms with E-state index in [-0.39, 0.29) is 17.1 Å². The molecule has 0 aliphatic carbocycles. The van der Waals surface area contributed by atoms with E-state index in [2.05, 4.69) is 5.16 Å². The van der Waals surface area contributed by atoms with Gasteiger partial charge in [0.1, 0.15) is 12.3 Å². The molecule has 34 heavy (non-hydrogen) atoms. The van der Waals surface area contributed by atoms with Crippen LogP contribution in [-0.2, 0) is 27.8 Å². The molecular formula is C26H22N2O5S. The molecule has 3 aromatic carbocycles. The number of fused-ring (bicyclic) bond motifs is 1. The van der Waals surface area contributed by atoms with Crippen molar-refractivity contribution in [1.82, 2.24) is 5.16 Å². The molecule has 7 nitrogen and oxygen atoms in total. The number of aromatic nitrogens is 1. The Bertz CT molecular complexity index is 1410. The number of hydrogen-bond donors (Lipinski definition) is 0. The number of benzene rings is 3. The summed E-state index contributed by atoms with van der Waals surface area (Å²) in [5.74, 6) is 0.0111. The second-order valence-corrected chi connectivity index (χ2v) is 9.82. The molecule has 1 aliphatic heterocycles. The lowest BCUT2D eigenvalue weighted by molar-refractivity contribution is 0.0464. The third-order valence-corrected chi connectivity index (χ3v) is 7.54. The fraction of sp³-hybridized carbons (Fsp3) is 0.154. The van der Waals surface area contributed by atoms with Crippen LogP contribution in [0.1, 0.15) is 28.0 Å². The number of nitrogens with zero attached hydrogens (tertiary/aromatic N) is 2. The Balaban J connectivity index is 1.26. The van der Waals surface area contributed by atoms with E-state index >= 15 is 0 Å². The molecule has 172 valence electrons. The summed E-state index contributed by atoms with van der Waals surface area (Å²) in [5, 5.41) is 3.94. The third kappa shape index (κ3) is 4.32. The van der Waals surface area contributed by atoms with Gasteiger partial charge in [-0.2, -0.15) is 0 Å². The van der Waals surface area contributed by atoms with E-state index in [0.29, 0.717) is 23.7 Å². The topological polar surface area (TPSA) is 89.7 Å². The Morgan fingerprint density at radius 1 is 0.971 bits per heavy atom. The predicted octanol–water partition coefficient (Wildman–Crippen LogP) is 4.84. The number of aryl methyl sites for hydroxylation is 1. The van der Waals surface area contributed by atoms with Gasteiger partial charge in [-0.1, -0.05) is 53.7 Å². The van der Waals surface area contributed by atoms with Crippen molar-refractivity contribution in [1.29, 1.82) is 0 Å². The minimum Gasteiger partial charge on any atom is -0.455 e. The van der Waals surface area contributed by atoms with Gasteiger partial charge in [-0.05, 0) is 48.7 Å². The smallest absolute Gasteiger partial charge is 0.338 e. The van der Waals surface area contributed by atoms with Crippen LogP contribution in [0.4, 0.5) is 5.69 Å². The van der Waals surface area contributed by atoms with Gasteiger partial charge in [0.25, 0.3) is 10.0 Å². The van der Waals surface area contributed by atoms with E-state index < -0.39 is 16.0 Å². The second-order valence-electron chi connectivity index (χ2n) is 7.96. The first-order valence-corrected chi connectivity index (χ1v) is 12.4. The molecule has 8 heteroatoms. The van der Waals surface area contributed by atoms with Gasteiger partial charge in [0.15, 0.2) is 5.76 Å². The number of hydrogen-bond acceptors (Lipinski definition) is 6. The molecular weight excluding hydrogens is 452 g/mol. The van der Waals surface area contributed by atoms with Crippen molar-refractivity contribution in [2.24, 2.45) is 0 Å². The molecule has 0 saturated carbocycles. The lowest BCUT2D eigenvalue weighted by atomic mass is 10.0. The molecule has 0 bridgehead atoms. The van der Waals surface area contributed by atoms with E-state index in [0.717, 1.165) is 24.0 Å². The van der Waals surface area contributed by atoms with Crippen molar-refractivity contribution in [3.63, 3.8) is 0 Å². The summed E-state index contributed by atoms with van der Waals surface area (Å²) in [4.78, 5) is 12.6. The van der Waals surface area contributed by atoms with Gasteiger partial charge in [0.05, 0.1) is 16.1 Å². The van der Waals surface area contributed by atoms with Crippen LogP contribution in [0.25, 0.3) is 11.3 Å². The van der Waals surface area contributed by atoms with Gasteiger partial charge in [0, 0.05) is 18.2 Å². The zero-order valence-electron chi connectivity index (χ0n) is 18.3. The molecule has 0 radical (unpaired) electrons. The van der Waals surface area contributed by atoms with Crippen LogP contribution >= 0.6 is 0 Å². The molecule has 5 rings (SSSR count). The summed E-state index contributed by atoms with van der Waals surface area (Å²) in [7, 11) is -3.74. The third-order valence-electron chi connectivity index (χ3n) is 5.71. The molecule has 0 unspecified atom stereocenters. The van der Waals surface area contributed by atoms with E-state index in [9.17, 15) is 13.2 Å². The number of sulfonamides is 1. The van der Waals surface area contributed by atoms with Crippen LogP contribution < -0.4 is 4.31 Å². The fourth-order valence-corrected chi connectivity index (χ4v) is 5.52. The maximum atomic E-state index is 13.3. The van der Waals surface area contributed by atoms with E-state index in [4.69, 9.17) is 9.26 Å². The Labute approximate surface area is 197 Å². The summed E-state index contributed by atoms with van der Waals surface area (Å²) in [6, 6.07) is 24.5. The Morgan fingerprint density at radius 3 is 2.50 bits per heavy atom. The Morgan fingerprint density at radius 2 is 1.71 bits per heavy atom. The molecule has 1 aromatic heterocycles. The van der Waals surface area contributed by atoms with Crippen LogP contribution in [-0.4, -0.2) is 26.1 Å². The van der Waals surface area contributed by atoms with Crippen LogP contribution in [0.15, 0.2) is 94.3 Å². The Kier molecular flexibility index (Phi) is 5.90. The van der Waals surface area contributed by atoms with Crippen LogP contribution in [0, 0.1) is 0 Å². The first-order valence-electron chi connectivity index (χ1n) is 10.9. The number of esters is 1. The van der Waals surface area contributed by atoms with Crippen LogP contribution in [0.5, 0.6) is 0 Å². The van der Waals surface area contributed by atoms with Gasteiger partial charge >= 0.3 is 5.97 Å². The Hall–Kier alpha value is -3.91. The lowest BCUT2D eigenvalue weighted by Crippen LogP contribution is -2.35. The first-order chi connectivity index (χ1) is 16.5. The molecule has 4 aromatic rings. The van der Waals surface area contributed by atoms with E-state index in [1.165, 1.54) is 28.6 Å². The normalized spacial score (nSPS) is 13.4. The molecule has 0 amide bonds. The van der Waals surface area contributed by atoms with Gasteiger partial charge in [-0.25, -0.2) is 13.2 Å². The SMILES string of the molecule is O=C(OCc1cc(-c2ccccc2)on1)c1ccc(S(=O)(=O)N2CCCc3ccccc32)cc1. The first kappa shape index (κ1) is 21.9. The van der Waals surface area contributed by atoms with Crippen molar-refractivity contribution in [3.8, 4) is 11.3 Å². The van der Waals surface area contributed by atoms with E-state index in [1.54, 1.807) is 6.07 Å². The quantitative estimate of drug-likeness (QED) is 0.372. The summed E-state index contributed by atoms with van der Waals surface area (Å²) in [6.07, 6.45) is 1.61. The van der Waals surface area contributed by atoms with E-state index in [1.807, 2.05) is 54.6 Å². The van der Waals surface area contributed by atoms with Crippen LogP contribution in [0.3, 0.4) is 0 Å². The highest BCUT2D eigenvalue weighted by Gasteiger charge is 2.29. The number of carbonyl (C=O) groups is 1. The van der Waals surface area contributed by atoms with Gasteiger partial charge in [0.2, 0.25) is 0 Å². The number of carbonyl (C=O) groups excluding carboxylic acids is 1. The van der Waals surface area contributed by atoms with Gasteiger partial charge < -0.3 is 9.26 Å². The van der Waals surface area contributed by atoms with Gasteiger partial charge in [-0.15, -0.1) is 0 Å². The number of para-hydroxylation sites is 1. The average Bonchev–Trinajstić information content (AvgIpc) is 3.37. The summed E-state index contributed by atoms with van der Waals surface area (Å²) in [5.41, 5.74) is 3.33. The second kappa shape index (κ2) is 9.15. The van der Waals surface area contributed by atoms with Crippen LogP contribution in [0.2, 0.25) is 0 Å². The lowest BCUT2D eigenvalue weighted by Gasteiger charge is -2.30. The predicted molar refractivity (Wildman–Crippen MR) is 127 cm³/mol. The van der Waals surface area contributed by atoms with Crippen molar-refractivity contribution in [2.75, 3.05) is 10.8 Å². The number of ether oxygens (including phenoxy) is 1. The molecule has 0 atom stereocenters. The zero-order chi connectivity index (χ0) is 23.5. The number of anilines is 1. The highest BCUT2D eigenvalue weighted by atomic mass is 32.2. The van der Waals surface area contributed by atoms with Crippen molar-refractivity contribution in [3.05, 3.63) is 102 Å². The van der Waals surface area contributed by atoms with Crippen molar-refractivity contribution < 1.29 is 22.5 Å². The fourth-order valence-electron chi connectivity index (χ4n) is 3.98. The molecule has 2 heterocycles. The standard InChI is InChI=1S/C26H22N2O5S/c29-26(32-18-22-17-25(33-27-22)20-8-2-1-3-9-20)21-12-14-23(15-13-21)34(30,31)28-16-6-10-19-7-4-5-11-24(19)28/h1-5,7-9,11-15,17H,6,10,16,18H2. The monoisotopic (exact) mass is 474 g/mol. The maximum Gasteiger partial charge on any atom is 0.338 e. The minimum absolute atomic E-state index is 0.0558. The number of rotatable bonds is 6. The van der Waals surface area contributed by atoms with Crippen molar-refractivity contribution >= 4 is 21.7 Å². The van der Waals surface area contributed by atoms with Gasteiger partial charge in [-0.3, -0.25) is 4.31 Å². The highest BCUT2D eigenvalue weighted by Crippen LogP contribution is 2.31. The molecule has 0 saturated heterocycles. The zero-order valence-corrected chi connectivity index (χ0v) is 19.1. The van der Waals surface area contributed by atoms with Crippen molar-refractivity contribution in [2.45, 2.75) is 24.3 Å². The molecule has 1 aliphatic rings. The largest absolute Gasteiger partial charge is 0.455 e. The molecule has 0 spiro atoms. The highest BCUT2D eigenvalue weighted by molar-refractivity contribution is 7.92. The summed E-state index contributed by atoms with van der Waals surface area (Å²) >= 11 is 0. The summed E-state index contributed by atoms with van der Waals surface area (Å²) in [6.45, 7) is 0.367.